The van der Waals surface area contributed by atoms with Crippen molar-refractivity contribution in [3.8, 4) is 12.3 Å². The molecule has 19 heavy (non-hydrogen) atoms. The van der Waals surface area contributed by atoms with E-state index in [1.807, 2.05) is 11.8 Å². The predicted molar refractivity (Wildman–Crippen MR) is 85.6 cm³/mol. The van der Waals surface area contributed by atoms with Crippen LogP contribution in [-0.2, 0) is 0 Å². The minimum Gasteiger partial charge on any atom is -0.314 e. The first kappa shape index (κ1) is 15.2. The molecule has 2 saturated heterocycles. The molecule has 2 bridgehead atoms. The van der Waals surface area contributed by atoms with Gasteiger partial charge >= 0.3 is 0 Å². The number of thioether (sulfide) groups is 1. The Balaban J connectivity index is 1.80. The van der Waals surface area contributed by atoms with Gasteiger partial charge in [-0.25, -0.2) is 0 Å². The number of fused-ring (bicyclic) bond motifs is 2. The largest absolute Gasteiger partial charge is 0.314 e. The lowest BCUT2D eigenvalue weighted by Crippen LogP contribution is -2.56. The van der Waals surface area contributed by atoms with Gasteiger partial charge in [0.05, 0.1) is 5.75 Å². The van der Waals surface area contributed by atoms with E-state index < -0.39 is 0 Å². The van der Waals surface area contributed by atoms with Crippen LogP contribution in [0.4, 0.5) is 0 Å². The molecule has 0 amide bonds. The number of hydrogen-bond acceptors (Lipinski definition) is 3. The van der Waals surface area contributed by atoms with Crippen molar-refractivity contribution in [2.75, 3.05) is 24.6 Å². The number of terminal acetylenes is 1. The van der Waals surface area contributed by atoms with E-state index in [0.29, 0.717) is 0 Å². The molecule has 2 aliphatic heterocycles. The lowest BCUT2D eigenvalue weighted by atomic mass is 9.82. The van der Waals surface area contributed by atoms with Gasteiger partial charge in [-0.3, -0.25) is 4.90 Å². The van der Waals surface area contributed by atoms with Gasteiger partial charge < -0.3 is 5.32 Å². The Hall–Kier alpha value is -0.170. The van der Waals surface area contributed by atoms with Gasteiger partial charge in [-0.2, -0.15) is 0 Å². The maximum absolute atomic E-state index is 5.31. The third-order valence-corrected chi connectivity index (χ3v) is 5.33. The van der Waals surface area contributed by atoms with E-state index in [1.165, 1.54) is 57.4 Å². The molecular formula is C16H28N2S. The molecule has 0 saturated carbocycles. The number of piperidine rings is 2. The van der Waals surface area contributed by atoms with Crippen LogP contribution in [0.1, 0.15) is 45.4 Å². The number of nitrogens with one attached hydrogen (secondary N) is 1. The second-order valence-corrected chi connectivity index (χ2v) is 6.96. The summed E-state index contributed by atoms with van der Waals surface area (Å²) in [4.78, 5) is 2.79. The van der Waals surface area contributed by atoms with E-state index in [4.69, 9.17) is 6.42 Å². The van der Waals surface area contributed by atoms with E-state index in [0.717, 1.165) is 23.9 Å². The summed E-state index contributed by atoms with van der Waals surface area (Å²) in [5.74, 6) is 4.78. The van der Waals surface area contributed by atoms with Gasteiger partial charge in [0.25, 0.3) is 0 Å². The summed E-state index contributed by atoms with van der Waals surface area (Å²) in [6, 6.07) is 2.42. The van der Waals surface area contributed by atoms with E-state index in [-0.39, 0.29) is 0 Å². The van der Waals surface area contributed by atoms with Crippen molar-refractivity contribution < 1.29 is 0 Å². The Morgan fingerprint density at radius 3 is 2.68 bits per heavy atom. The second kappa shape index (κ2) is 8.19. The van der Waals surface area contributed by atoms with Gasteiger partial charge in [-0.05, 0) is 38.6 Å². The normalized spacial score (nSPS) is 31.1. The van der Waals surface area contributed by atoms with Gasteiger partial charge in [0.15, 0.2) is 0 Å². The Labute approximate surface area is 123 Å². The number of rotatable bonds is 7. The Bertz CT molecular complexity index is 286. The highest BCUT2D eigenvalue weighted by Gasteiger charge is 2.37. The third-order valence-electron chi connectivity index (χ3n) is 4.49. The lowest BCUT2D eigenvalue weighted by molar-refractivity contribution is 0.0304. The fraction of sp³-hybridized carbons (Fsp3) is 0.875. The molecule has 3 heteroatoms. The molecule has 2 rings (SSSR count). The average Bonchev–Trinajstić information content (AvgIpc) is 2.41. The van der Waals surface area contributed by atoms with E-state index >= 15 is 0 Å². The van der Waals surface area contributed by atoms with Gasteiger partial charge in [0.2, 0.25) is 0 Å². The van der Waals surface area contributed by atoms with Crippen LogP contribution in [0.2, 0.25) is 0 Å². The molecule has 2 atom stereocenters. The van der Waals surface area contributed by atoms with Gasteiger partial charge in [-0.1, -0.05) is 19.3 Å². The average molecular weight is 280 g/mol. The van der Waals surface area contributed by atoms with E-state index in [9.17, 15) is 0 Å². The number of hydrogen-bond donors (Lipinski definition) is 1. The summed E-state index contributed by atoms with van der Waals surface area (Å²) in [5, 5.41) is 3.74. The lowest BCUT2D eigenvalue weighted by Gasteiger charge is -2.49. The van der Waals surface area contributed by atoms with Crippen molar-refractivity contribution in [1.82, 2.24) is 10.2 Å². The maximum Gasteiger partial charge on any atom is 0.0545 e. The summed E-state index contributed by atoms with van der Waals surface area (Å²) in [7, 11) is 0. The second-order valence-electron chi connectivity index (χ2n) is 5.86. The van der Waals surface area contributed by atoms with Crippen LogP contribution in [0.3, 0.4) is 0 Å². The first-order valence-corrected chi connectivity index (χ1v) is 9.01. The van der Waals surface area contributed by atoms with Crippen molar-refractivity contribution >= 4 is 11.8 Å². The predicted octanol–water partition coefficient (Wildman–Crippen LogP) is 2.74. The molecule has 0 aliphatic carbocycles. The number of nitrogens with zero attached hydrogens (tertiary/aromatic N) is 1. The van der Waals surface area contributed by atoms with Crippen LogP contribution in [-0.4, -0.2) is 47.6 Å². The fourth-order valence-corrected chi connectivity index (χ4v) is 4.26. The molecule has 0 radical (unpaired) electrons. The zero-order valence-corrected chi connectivity index (χ0v) is 13.1. The Morgan fingerprint density at radius 1 is 1.32 bits per heavy atom. The summed E-state index contributed by atoms with van der Waals surface area (Å²) in [6.07, 6.45) is 13.5. The smallest absolute Gasteiger partial charge is 0.0545 e. The molecule has 2 aliphatic rings. The summed E-state index contributed by atoms with van der Waals surface area (Å²) in [6.45, 7) is 4.68. The molecular weight excluding hydrogens is 252 g/mol. The highest BCUT2D eigenvalue weighted by Crippen LogP contribution is 2.34. The molecule has 108 valence electrons. The maximum atomic E-state index is 5.31. The first-order valence-electron chi connectivity index (χ1n) is 7.85. The van der Waals surface area contributed by atoms with E-state index in [2.05, 4.69) is 23.1 Å². The zero-order valence-electron chi connectivity index (χ0n) is 12.2. The molecule has 2 heterocycles. The Kier molecular flexibility index (Phi) is 6.56. The van der Waals surface area contributed by atoms with Gasteiger partial charge in [-0.15, -0.1) is 18.2 Å². The Morgan fingerprint density at radius 2 is 2.05 bits per heavy atom. The molecule has 0 aromatic carbocycles. The fourth-order valence-electron chi connectivity index (χ4n) is 3.66. The van der Waals surface area contributed by atoms with Crippen molar-refractivity contribution in [2.24, 2.45) is 0 Å². The van der Waals surface area contributed by atoms with Crippen molar-refractivity contribution in [3.05, 3.63) is 0 Å². The zero-order chi connectivity index (χ0) is 13.5. The highest BCUT2D eigenvalue weighted by atomic mass is 32.2. The molecule has 0 aromatic heterocycles. The van der Waals surface area contributed by atoms with Crippen molar-refractivity contribution in [3.63, 3.8) is 0 Å². The summed E-state index contributed by atoms with van der Waals surface area (Å²) in [5.41, 5.74) is 0. The van der Waals surface area contributed by atoms with Gasteiger partial charge in [0.1, 0.15) is 0 Å². The summed E-state index contributed by atoms with van der Waals surface area (Å²) < 4.78 is 0. The van der Waals surface area contributed by atoms with Crippen molar-refractivity contribution in [2.45, 2.75) is 63.6 Å². The molecule has 2 nitrogen and oxygen atoms in total. The van der Waals surface area contributed by atoms with Crippen LogP contribution >= 0.6 is 11.8 Å². The van der Waals surface area contributed by atoms with Crippen LogP contribution in [0.25, 0.3) is 0 Å². The molecule has 2 fully saturated rings. The molecule has 1 N–H and O–H groups in total. The van der Waals surface area contributed by atoms with Crippen LogP contribution < -0.4 is 5.32 Å². The van der Waals surface area contributed by atoms with Crippen LogP contribution in [0.5, 0.6) is 0 Å². The van der Waals surface area contributed by atoms with E-state index in [1.54, 1.807) is 0 Å². The molecule has 0 spiro atoms. The highest BCUT2D eigenvalue weighted by molar-refractivity contribution is 7.99. The topological polar surface area (TPSA) is 15.3 Å². The quantitative estimate of drug-likeness (QED) is 0.570. The monoisotopic (exact) mass is 280 g/mol. The minimum atomic E-state index is 0.768. The van der Waals surface area contributed by atoms with Gasteiger partial charge in [0, 0.05) is 30.4 Å². The first-order chi connectivity index (χ1) is 9.35. The molecule has 2 unspecified atom stereocenters. The SMILES string of the molecule is C#CCSCCN1C2CCCC1CC(NCCC)C2. The van der Waals surface area contributed by atoms with Crippen LogP contribution in [0, 0.1) is 12.3 Å². The van der Waals surface area contributed by atoms with Crippen LogP contribution in [0.15, 0.2) is 0 Å². The molecule has 0 aromatic rings. The summed E-state index contributed by atoms with van der Waals surface area (Å²) >= 11 is 1.91. The third kappa shape index (κ3) is 4.41. The minimum absolute atomic E-state index is 0.768. The van der Waals surface area contributed by atoms with Crippen molar-refractivity contribution in [1.29, 1.82) is 0 Å². The standard InChI is InChI=1S/C16H28N2S/c1-3-8-17-14-12-15-6-5-7-16(13-14)18(15)9-11-19-10-4-2/h2,14-17H,3,5-13H2,1H3.